The third kappa shape index (κ3) is 27.3. The van der Waals surface area contributed by atoms with Crippen LogP contribution in [0.15, 0.2) is 133 Å². The van der Waals surface area contributed by atoms with E-state index < -0.39 is 0 Å². The zero-order chi connectivity index (χ0) is 62.5. The predicted octanol–water partition coefficient (Wildman–Crippen LogP) is 17.4. The van der Waals surface area contributed by atoms with Gasteiger partial charge < -0.3 is 5.73 Å². The van der Waals surface area contributed by atoms with Gasteiger partial charge >= 0.3 is 0 Å². The summed E-state index contributed by atoms with van der Waals surface area (Å²) in [4.78, 5) is 20.9. The molecular formula is C70H108N12. The lowest BCUT2D eigenvalue weighted by molar-refractivity contribution is 0.355. The van der Waals surface area contributed by atoms with Gasteiger partial charge in [-0.15, -0.1) is 0 Å². The SMILES string of the molecule is CC(C)(C)C1=CC=NC1.CC(C)(C)c1ccc(N)nc1.CC(C)(C)c1ccn[nH]1.CC(C)(C)c1cn[nH]c1.CC(C)(C)c1cnc2c(c1)C=CC2.CC(C)(C)n1cccn1.Cc1cc(C(C)(C)C)ccn1.Cc1cncc(C(C)(C)C)c1. The first-order chi connectivity index (χ1) is 37.5. The predicted molar refractivity (Wildman–Crippen MR) is 351 cm³/mol. The molecule has 7 aromatic rings. The van der Waals surface area contributed by atoms with Crippen LogP contribution in [0.4, 0.5) is 5.82 Å². The number of anilines is 1. The van der Waals surface area contributed by atoms with Crippen LogP contribution in [0, 0.1) is 19.3 Å². The molecule has 2 aliphatic rings. The van der Waals surface area contributed by atoms with Gasteiger partial charge in [0.05, 0.1) is 24.0 Å². The van der Waals surface area contributed by atoms with E-state index in [9.17, 15) is 0 Å². The van der Waals surface area contributed by atoms with Crippen molar-refractivity contribution in [1.29, 1.82) is 0 Å². The lowest BCUT2D eigenvalue weighted by Crippen LogP contribution is -2.21. The molecule has 0 aromatic carbocycles. The summed E-state index contributed by atoms with van der Waals surface area (Å²) in [6.07, 6.45) is 28.2. The zero-order valence-corrected chi connectivity index (χ0v) is 55.7. The van der Waals surface area contributed by atoms with E-state index in [4.69, 9.17) is 5.73 Å². The maximum Gasteiger partial charge on any atom is 0.123 e. The number of pyridine rings is 4. The normalized spacial score (nSPS) is 12.9. The van der Waals surface area contributed by atoms with Crippen LogP contribution in [0.5, 0.6) is 0 Å². The molecule has 0 spiro atoms. The average Bonchev–Trinajstić information content (AvgIpc) is 4.30. The molecule has 0 atom stereocenters. The number of rotatable bonds is 0. The number of H-pyrrole nitrogens is 2. The first-order valence-corrected chi connectivity index (χ1v) is 28.9. The summed E-state index contributed by atoms with van der Waals surface area (Å²) in [6.45, 7) is 57.3. The molecule has 7 aromatic heterocycles. The van der Waals surface area contributed by atoms with Crippen LogP contribution in [-0.4, -0.2) is 62.9 Å². The molecule has 0 unspecified atom stereocenters. The number of fused-ring (bicyclic) bond motifs is 1. The number of aryl methyl sites for hydroxylation is 2. The van der Waals surface area contributed by atoms with Crippen molar-refractivity contribution in [3.05, 3.63) is 184 Å². The summed E-state index contributed by atoms with van der Waals surface area (Å²) < 4.78 is 1.94. The quantitative estimate of drug-likeness (QED) is 0.135. The molecule has 0 radical (unpaired) electrons. The van der Waals surface area contributed by atoms with E-state index in [0.29, 0.717) is 11.2 Å². The van der Waals surface area contributed by atoms with Crippen molar-refractivity contribution >= 4 is 18.1 Å². The van der Waals surface area contributed by atoms with Crippen LogP contribution in [-0.2, 0) is 44.4 Å². The number of hydrogen-bond donors (Lipinski definition) is 3. The second-order valence-corrected chi connectivity index (χ2v) is 29.3. The molecule has 0 bridgehead atoms. The molecule has 8 heterocycles. The first-order valence-electron chi connectivity index (χ1n) is 28.9. The highest BCUT2D eigenvalue weighted by Gasteiger charge is 2.20. The maximum atomic E-state index is 5.46. The van der Waals surface area contributed by atoms with E-state index in [-0.39, 0.29) is 38.0 Å². The fourth-order valence-electron chi connectivity index (χ4n) is 7.19. The van der Waals surface area contributed by atoms with Crippen LogP contribution < -0.4 is 5.73 Å². The van der Waals surface area contributed by atoms with Crippen molar-refractivity contribution in [2.24, 2.45) is 10.4 Å². The molecule has 0 saturated carbocycles. The second kappa shape index (κ2) is 30.5. The Bertz CT molecular complexity index is 2810. The van der Waals surface area contributed by atoms with Crippen molar-refractivity contribution < 1.29 is 0 Å². The van der Waals surface area contributed by atoms with Gasteiger partial charge in [0.25, 0.3) is 0 Å². The topological polar surface area (TPSA) is 165 Å². The highest BCUT2D eigenvalue weighted by Crippen LogP contribution is 2.28. The van der Waals surface area contributed by atoms with E-state index in [1.807, 2.05) is 91.7 Å². The third-order valence-electron chi connectivity index (χ3n) is 13.1. The highest BCUT2D eigenvalue weighted by molar-refractivity contribution is 5.75. The molecule has 0 saturated heterocycles. The van der Waals surface area contributed by atoms with Crippen LogP contribution in [0.25, 0.3) is 6.08 Å². The summed E-state index contributed by atoms with van der Waals surface area (Å²) in [5, 5.41) is 17.5. The van der Waals surface area contributed by atoms with E-state index >= 15 is 0 Å². The second-order valence-electron chi connectivity index (χ2n) is 29.3. The van der Waals surface area contributed by atoms with Gasteiger partial charge in [-0.25, -0.2) is 4.98 Å². The third-order valence-corrected chi connectivity index (χ3v) is 13.1. The Hall–Kier alpha value is -6.82. The van der Waals surface area contributed by atoms with Gasteiger partial charge in [0, 0.05) is 85.2 Å². The van der Waals surface area contributed by atoms with Crippen molar-refractivity contribution in [3.63, 3.8) is 0 Å². The molecule has 82 heavy (non-hydrogen) atoms. The Morgan fingerprint density at radius 1 is 0.524 bits per heavy atom. The Morgan fingerprint density at radius 3 is 1.48 bits per heavy atom. The molecule has 12 heteroatoms. The van der Waals surface area contributed by atoms with Crippen molar-refractivity contribution in [2.45, 2.75) is 224 Å². The molecule has 0 fully saturated rings. The number of nitrogens with two attached hydrogens (primary N) is 1. The summed E-state index contributed by atoms with van der Waals surface area (Å²) in [5.41, 5.74) is 21.1. The number of aromatic amines is 2. The van der Waals surface area contributed by atoms with Gasteiger partial charge in [-0.2, -0.15) is 15.3 Å². The monoisotopic (exact) mass is 1120 g/mol. The zero-order valence-electron chi connectivity index (χ0n) is 55.7. The number of nitrogens with one attached hydrogen (secondary N) is 2. The minimum Gasteiger partial charge on any atom is -0.384 e. The van der Waals surface area contributed by atoms with E-state index in [2.05, 4.69) is 266 Å². The number of nitrogens with zero attached hydrogens (tertiary/aromatic N) is 9. The Balaban J connectivity index is 0.000000321. The molecule has 448 valence electrons. The molecule has 4 N–H and O–H groups in total. The van der Waals surface area contributed by atoms with Gasteiger partial charge in [0.15, 0.2) is 0 Å². The minimum atomic E-state index is 0.128. The average molecular weight is 1120 g/mol. The lowest BCUT2D eigenvalue weighted by atomic mass is 9.87. The van der Waals surface area contributed by atoms with Crippen molar-refractivity contribution in [3.8, 4) is 0 Å². The minimum absolute atomic E-state index is 0.128. The molecule has 9 rings (SSSR count). The Kier molecular flexibility index (Phi) is 26.5. The summed E-state index contributed by atoms with van der Waals surface area (Å²) in [7, 11) is 0. The molecule has 0 amide bonds. The van der Waals surface area contributed by atoms with E-state index in [0.717, 1.165) is 18.7 Å². The van der Waals surface area contributed by atoms with Gasteiger partial charge in [0.2, 0.25) is 0 Å². The first kappa shape index (κ1) is 71.3. The van der Waals surface area contributed by atoms with Gasteiger partial charge in [-0.1, -0.05) is 170 Å². The van der Waals surface area contributed by atoms with Crippen LogP contribution in [0.3, 0.4) is 0 Å². The Labute approximate surface area is 497 Å². The number of aromatic nitrogens is 10. The van der Waals surface area contributed by atoms with Crippen molar-refractivity contribution in [2.75, 3.05) is 12.3 Å². The summed E-state index contributed by atoms with van der Waals surface area (Å²) in [5.74, 6) is 0.581. The highest BCUT2D eigenvalue weighted by atomic mass is 15.3. The molecular weight excluding hydrogens is 1010 g/mol. The number of nitrogen functional groups attached to an aromatic ring is 1. The summed E-state index contributed by atoms with van der Waals surface area (Å²) >= 11 is 0. The maximum absolute atomic E-state index is 5.46. The standard InChI is InChI=1S/C12H15N.2C10H15N.C9H14N2.C8H13N.3C7H12N2/c1-12(2,3)10-7-9-5-4-6-11(9)13-8-10;1-8-5-9(7-11-6-8)10(2,3)4;1-8-7-9(5-6-11-8)10(2,3)4;1-9(2,3)7-4-5-8(10)11-6-7;1-8(2,3)7-4-5-9-6-7;1-7(2,3)6-4-8-9-5-6;1-7(2,3)9-6-4-5-8-9;1-7(2,3)6-4-5-8-9-6/h4-5,7-8H,6H2,1-3H3;2*5-7H,1-4H3;4-6H,1-3H3,(H2,10,11);4-5H,6H2,1-3H3;4-5H,1-3H3,(H,8,9);4-6H,1-3H3;4-5H,1-3H3,(H,8,9). The molecule has 12 nitrogen and oxygen atoms in total. The van der Waals surface area contributed by atoms with Crippen LogP contribution in [0.1, 0.15) is 222 Å². The number of allylic oxidation sites excluding steroid dienone is 2. The van der Waals surface area contributed by atoms with Gasteiger partial charge in [-0.3, -0.25) is 34.8 Å². The Morgan fingerprint density at radius 2 is 1.12 bits per heavy atom. The van der Waals surface area contributed by atoms with E-state index in [1.54, 1.807) is 12.4 Å². The van der Waals surface area contributed by atoms with E-state index in [1.165, 1.54) is 55.9 Å². The van der Waals surface area contributed by atoms with Crippen molar-refractivity contribution in [1.82, 2.24) is 50.1 Å². The molecule has 1 aliphatic carbocycles. The smallest absolute Gasteiger partial charge is 0.123 e. The fourth-order valence-corrected chi connectivity index (χ4v) is 7.19. The summed E-state index contributed by atoms with van der Waals surface area (Å²) in [6, 6.07) is 16.4. The van der Waals surface area contributed by atoms with Gasteiger partial charge in [-0.05, 0) is 154 Å². The fraction of sp³-hybridized carbons (Fsp3) is 0.514. The molecule has 1 aliphatic heterocycles. The van der Waals surface area contributed by atoms with Crippen LogP contribution in [0.2, 0.25) is 0 Å². The largest absolute Gasteiger partial charge is 0.384 e. The van der Waals surface area contributed by atoms with Gasteiger partial charge in [0.1, 0.15) is 5.82 Å². The number of aliphatic imine (C=N–C) groups is 1. The van der Waals surface area contributed by atoms with Crippen LogP contribution >= 0.6 is 0 Å². The lowest BCUT2D eigenvalue weighted by Gasteiger charge is -2.19. The number of hydrogen-bond acceptors (Lipinski definition) is 9.